The molecule has 0 unspecified atom stereocenters. The van der Waals surface area contributed by atoms with E-state index in [0.29, 0.717) is 16.5 Å². The van der Waals surface area contributed by atoms with E-state index in [0.717, 1.165) is 0 Å². The van der Waals surface area contributed by atoms with Gasteiger partial charge in [0, 0.05) is 18.4 Å². The van der Waals surface area contributed by atoms with Gasteiger partial charge in [-0.25, -0.2) is 4.39 Å². The molecule has 1 amide bonds. The van der Waals surface area contributed by atoms with Gasteiger partial charge in [-0.1, -0.05) is 17.8 Å². The number of rotatable bonds is 6. The monoisotopic (exact) mass is 355 g/mol. The lowest BCUT2D eigenvalue weighted by molar-refractivity contribution is -0.116. The van der Waals surface area contributed by atoms with Crippen molar-refractivity contribution < 1.29 is 9.18 Å². The van der Waals surface area contributed by atoms with E-state index in [2.05, 4.69) is 10.2 Å². The second kappa shape index (κ2) is 7.77. The number of pyridine rings is 1. The molecular weight excluding hydrogens is 341 g/mol. The molecule has 0 bridgehead atoms. The smallest absolute Gasteiger partial charge is 0.237 e. The van der Waals surface area contributed by atoms with E-state index in [1.807, 2.05) is 30.5 Å². The third-order valence-electron chi connectivity index (χ3n) is 3.49. The van der Waals surface area contributed by atoms with Crippen molar-refractivity contribution in [3.63, 3.8) is 0 Å². The number of benzene rings is 1. The Hall–Kier alpha value is -2.92. The maximum Gasteiger partial charge on any atom is 0.237 e. The van der Waals surface area contributed by atoms with Gasteiger partial charge < -0.3 is 4.90 Å². The molecule has 6 nitrogen and oxygen atoms in total. The van der Waals surface area contributed by atoms with Crippen molar-refractivity contribution in [1.82, 2.24) is 14.6 Å². The van der Waals surface area contributed by atoms with Crippen LogP contribution in [0.2, 0.25) is 0 Å². The first-order valence-corrected chi connectivity index (χ1v) is 8.53. The van der Waals surface area contributed by atoms with E-state index in [1.54, 1.807) is 4.40 Å². The Labute approximate surface area is 147 Å². The normalized spacial score (nSPS) is 10.6. The highest BCUT2D eigenvalue weighted by Crippen LogP contribution is 2.20. The lowest BCUT2D eigenvalue weighted by atomic mass is 10.2. The molecule has 0 aliphatic heterocycles. The predicted molar refractivity (Wildman–Crippen MR) is 92.7 cm³/mol. The second-order valence-corrected chi connectivity index (χ2v) is 6.07. The quantitative estimate of drug-likeness (QED) is 0.636. The zero-order valence-corrected chi connectivity index (χ0v) is 14.0. The van der Waals surface area contributed by atoms with Crippen molar-refractivity contribution >= 4 is 29.0 Å². The number of thioether (sulfide) groups is 1. The fourth-order valence-electron chi connectivity index (χ4n) is 2.30. The Morgan fingerprint density at radius 2 is 2.04 bits per heavy atom. The molecule has 1 aromatic carbocycles. The standard InChI is InChI=1S/C17H14FN5OS/c18-13-5-7-14(8-6-13)22(11-3-9-19)16(24)12-25-17-21-20-15-4-1-2-10-23(15)17/h1-2,4-8,10H,3,11-12H2. The number of nitrogens with zero attached hydrogens (tertiary/aromatic N) is 5. The van der Waals surface area contributed by atoms with Gasteiger partial charge in [0.2, 0.25) is 5.91 Å². The molecule has 0 spiro atoms. The highest BCUT2D eigenvalue weighted by molar-refractivity contribution is 7.99. The Balaban J connectivity index is 1.73. The maximum absolute atomic E-state index is 13.1. The van der Waals surface area contributed by atoms with Crippen LogP contribution in [0.3, 0.4) is 0 Å². The molecule has 2 aromatic heterocycles. The first-order chi connectivity index (χ1) is 12.2. The zero-order chi connectivity index (χ0) is 17.6. The third-order valence-corrected chi connectivity index (χ3v) is 4.42. The number of hydrogen-bond donors (Lipinski definition) is 0. The molecule has 0 N–H and O–H groups in total. The Bertz CT molecular complexity index is 919. The summed E-state index contributed by atoms with van der Waals surface area (Å²) < 4.78 is 14.9. The van der Waals surface area contributed by atoms with Gasteiger partial charge in [0.25, 0.3) is 0 Å². The van der Waals surface area contributed by atoms with Gasteiger partial charge in [0.15, 0.2) is 10.8 Å². The van der Waals surface area contributed by atoms with Crippen LogP contribution in [0.15, 0.2) is 53.8 Å². The van der Waals surface area contributed by atoms with Crippen molar-refractivity contribution in [3.8, 4) is 6.07 Å². The van der Waals surface area contributed by atoms with E-state index in [9.17, 15) is 9.18 Å². The van der Waals surface area contributed by atoms with Crippen LogP contribution >= 0.6 is 11.8 Å². The molecule has 0 aliphatic rings. The van der Waals surface area contributed by atoms with Crippen molar-refractivity contribution in [2.24, 2.45) is 0 Å². The number of nitriles is 1. The van der Waals surface area contributed by atoms with Crippen LogP contribution in [0.5, 0.6) is 0 Å². The van der Waals surface area contributed by atoms with Crippen molar-refractivity contribution in [3.05, 3.63) is 54.5 Å². The molecule has 0 aliphatic carbocycles. The molecular formula is C17H14FN5OS. The predicted octanol–water partition coefficient (Wildman–Crippen LogP) is 2.91. The lowest BCUT2D eigenvalue weighted by Crippen LogP contribution is -2.33. The number of fused-ring (bicyclic) bond motifs is 1. The Kier molecular flexibility index (Phi) is 5.26. The average Bonchev–Trinajstić information content (AvgIpc) is 3.05. The van der Waals surface area contributed by atoms with Gasteiger partial charge in [-0.3, -0.25) is 9.20 Å². The first kappa shape index (κ1) is 16.9. The first-order valence-electron chi connectivity index (χ1n) is 7.54. The fourth-order valence-corrected chi connectivity index (χ4v) is 3.10. The Morgan fingerprint density at radius 1 is 1.24 bits per heavy atom. The number of carbonyl (C=O) groups is 1. The Morgan fingerprint density at radius 3 is 2.80 bits per heavy atom. The number of carbonyl (C=O) groups excluding carboxylic acids is 1. The second-order valence-electron chi connectivity index (χ2n) is 5.13. The van der Waals surface area contributed by atoms with Gasteiger partial charge >= 0.3 is 0 Å². The molecule has 0 saturated carbocycles. The molecule has 2 heterocycles. The van der Waals surface area contributed by atoms with E-state index in [-0.39, 0.29) is 30.4 Å². The van der Waals surface area contributed by atoms with Crippen molar-refractivity contribution in [1.29, 1.82) is 5.26 Å². The number of aromatic nitrogens is 3. The number of hydrogen-bond acceptors (Lipinski definition) is 5. The molecule has 126 valence electrons. The molecule has 8 heteroatoms. The molecule has 3 rings (SSSR count). The van der Waals surface area contributed by atoms with Crippen LogP contribution in [0, 0.1) is 17.1 Å². The van der Waals surface area contributed by atoms with E-state index < -0.39 is 0 Å². The van der Waals surface area contributed by atoms with Crippen LogP contribution in [-0.2, 0) is 4.79 Å². The van der Waals surface area contributed by atoms with Crippen molar-refractivity contribution in [2.75, 3.05) is 17.2 Å². The lowest BCUT2D eigenvalue weighted by Gasteiger charge is -2.21. The topological polar surface area (TPSA) is 74.3 Å². The van der Waals surface area contributed by atoms with E-state index >= 15 is 0 Å². The summed E-state index contributed by atoms with van der Waals surface area (Å²) in [6.45, 7) is 0.252. The van der Waals surface area contributed by atoms with Gasteiger partial charge in [0.1, 0.15) is 5.82 Å². The van der Waals surface area contributed by atoms with Crippen LogP contribution < -0.4 is 4.90 Å². The highest BCUT2D eigenvalue weighted by Gasteiger charge is 2.17. The summed E-state index contributed by atoms with van der Waals surface area (Å²) in [7, 11) is 0. The minimum absolute atomic E-state index is 0.137. The molecule has 0 radical (unpaired) electrons. The number of amides is 1. The molecule has 3 aromatic rings. The minimum atomic E-state index is -0.374. The third kappa shape index (κ3) is 3.95. The highest BCUT2D eigenvalue weighted by atomic mass is 32.2. The van der Waals surface area contributed by atoms with Crippen LogP contribution in [0.25, 0.3) is 5.65 Å². The van der Waals surface area contributed by atoms with Crippen molar-refractivity contribution in [2.45, 2.75) is 11.6 Å². The van der Waals surface area contributed by atoms with Gasteiger partial charge in [-0.15, -0.1) is 10.2 Å². The minimum Gasteiger partial charge on any atom is -0.311 e. The fraction of sp³-hybridized carbons (Fsp3) is 0.176. The molecule has 25 heavy (non-hydrogen) atoms. The average molecular weight is 355 g/mol. The summed E-state index contributed by atoms with van der Waals surface area (Å²) in [5, 5.41) is 17.5. The summed E-state index contributed by atoms with van der Waals surface area (Å²) >= 11 is 1.27. The maximum atomic E-state index is 13.1. The van der Waals surface area contributed by atoms with E-state index in [4.69, 9.17) is 5.26 Å². The molecule has 0 atom stereocenters. The van der Waals surface area contributed by atoms with Crippen LogP contribution in [-0.4, -0.2) is 32.8 Å². The number of anilines is 1. The molecule has 0 saturated heterocycles. The summed E-state index contributed by atoms with van der Waals surface area (Å²) in [5.74, 6) is -0.418. The summed E-state index contributed by atoms with van der Waals surface area (Å²) in [5.41, 5.74) is 1.27. The van der Waals surface area contributed by atoms with Crippen LogP contribution in [0.1, 0.15) is 6.42 Å². The molecule has 0 fully saturated rings. The summed E-state index contributed by atoms with van der Waals surface area (Å²) in [4.78, 5) is 14.1. The van der Waals surface area contributed by atoms with Crippen LogP contribution in [0.4, 0.5) is 10.1 Å². The van der Waals surface area contributed by atoms with Gasteiger partial charge in [-0.2, -0.15) is 5.26 Å². The summed E-state index contributed by atoms with van der Waals surface area (Å²) in [6, 6.07) is 13.2. The van der Waals surface area contributed by atoms with E-state index in [1.165, 1.54) is 40.9 Å². The largest absolute Gasteiger partial charge is 0.311 e. The zero-order valence-electron chi connectivity index (χ0n) is 13.2. The SMILES string of the molecule is N#CCCN(C(=O)CSc1nnc2ccccn12)c1ccc(F)cc1. The summed E-state index contributed by atoms with van der Waals surface area (Å²) in [6.07, 6.45) is 2.03. The van der Waals surface area contributed by atoms with Gasteiger partial charge in [-0.05, 0) is 36.4 Å². The number of halogens is 1. The van der Waals surface area contributed by atoms with Gasteiger partial charge in [0.05, 0.1) is 18.2 Å².